The van der Waals surface area contributed by atoms with Crippen molar-refractivity contribution in [1.82, 2.24) is 4.57 Å². The molecule has 1 aromatic heterocycles. The van der Waals surface area contributed by atoms with E-state index in [9.17, 15) is 18.4 Å². The molecule has 41 heavy (non-hydrogen) atoms. The number of methoxy groups -OCH3 is 1. The number of hydrogen-bond acceptors (Lipinski definition) is 7. The van der Waals surface area contributed by atoms with Gasteiger partial charge in [-0.1, -0.05) is 47.7 Å². The molecule has 0 amide bonds. The number of hydrogen-bond donors (Lipinski definition) is 0. The van der Waals surface area contributed by atoms with Crippen molar-refractivity contribution in [3.63, 3.8) is 0 Å². The Morgan fingerprint density at radius 1 is 1.07 bits per heavy atom. The van der Waals surface area contributed by atoms with Gasteiger partial charge in [-0.25, -0.2) is 18.6 Å². The van der Waals surface area contributed by atoms with Crippen LogP contribution in [0.1, 0.15) is 36.6 Å². The monoisotopic (exact) mass is 576 g/mol. The number of esters is 1. The van der Waals surface area contributed by atoms with Crippen LogP contribution in [0.25, 0.3) is 6.08 Å². The summed E-state index contributed by atoms with van der Waals surface area (Å²) in [6.45, 7) is 3.55. The fourth-order valence-electron chi connectivity index (χ4n) is 4.57. The van der Waals surface area contributed by atoms with E-state index in [1.807, 2.05) is 0 Å². The first-order valence-corrected chi connectivity index (χ1v) is 13.6. The molecule has 0 N–H and O–H groups in total. The van der Waals surface area contributed by atoms with Crippen molar-refractivity contribution in [2.45, 2.75) is 26.5 Å². The predicted octanol–water partition coefficient (Wildman–Crippen LogP) is 4.66. The van der Waals surface area contributed by atoms with Crippen LogP contribution >= 0.6 is 11.3 Å². The van der Waals surface area contributed by atoms with Gasteiger partial charge < -0.3 is 14.2 Å². The molecular weight excluding hydrogens is 550 g/mol. The molecule has 1 aliphatic rings. The van der Waals surface area contributed by atoms with Crippen LogP contribution in [0.2, 0.25) is 0 Å². The Bertz CT molecular complexity index is 1830. The highest BCUT2D eigenvalue weighted by molar-refractivity contribution is 7.07. The van der Waals surface area contributed by atoms with Crippen molar-refractivity contribution in [1.29, 1.82) is 0 Å². The largest absolute Gasteiger partial charge is 0.493 e. The lowest BCUT2D eigenvalue weighted by molar-refractivity contribution is -0.139. The van der Waals surface area contributed by atoms with Crippen molar-refractivity contribution in [2.75, 3.05) is 13.7 Å². The summed E-state index contributed by atoms with van der Waals surface area (Å²) in [7, 11) is 1.49. The summed E-state index contributed by atoms with van der Waals surface area (Å²) < 4.78 is 46.1. The zero-order valence-electron chi connectivity index (χ0n) is 22.5. The van der Waals surface area contributed by atoms with E-state index in [4.69, 9.17) is 14.2 Å². The zero-order valence-corrected chi connectivity index (χ0v) is 23.3. The van der Waals surface area contributed by atoms with Crippen LogP contribution in [-0.2, 0) is 16.1 Å². The first-order valence-electron chi connectivity index (χ1n) is 12.8. The van der Waals surface area contributed by atoms with Crippen LogP contribution in [-0.4, -0.2) is 24.3 Å². The fourth-order valence-corrected chi connectivity index (χ4v) is 5.61. The molecule has 0 radical (unpaired) electrons. The lowest BCUT2D eigenvalue weighted by Gasteiger charge is -2.24. The molecule has 210 valence electrons. The van der Waals surface area contributed by atoms with Gasteiger partial charge in [0, 0.05) is 5.56 Å². The molecule has 0 unspecified atom stereocenters. The fraction of sp³-hybridized carbons (Fsp3) is 0.194. The SMILES string of the molecule is CCOC(=O)C1=C(C)N=c2s/c(=C\c3ccc(OCc4ccccc4F)c(OC)c3)c(=O)n2[C@@H]1c1ccc(F)cc1. The van der Waals surface area contributed by atoms with Gasteiger partial charge in [-0.15, -0.1) is 0 Å². The lowest BCUT2D eigenvalue weighted by Crippen LogP contribution is -2.39. The van der Waals surface area contributed by atoms with Crippen LogP contribution in [0, 0.1) is 11.6 Å². The van der Waals surface area contributed by atoms with Crippen LogP contribution in [0.5, 0.6) is 11.5 Å². The molecule has 4 aromatic rings. The van der Waals surface area contributed by atoms with Crippen LogP contribution < -0.4 is 24.4 Å². The number of aromatic nitrogens is 1. The van der Waals surface area contributed by atoms with Gasteiger partial charge in [-0.2, -0.15) is 0 Å². The zero-order chi connectivity index (χ0) is 29.1. The average Bonchev–Trinajstić information content (AvgIpc) is 3.26. The van der Waals surface area contributed by atoms with Gasteiger partial charge in [0.2, 0.25) is 0 Å². The quantitative estimate of drug-likeness (QED) is 0.285. The molecular formula is C31H26F2N2O5S. The summed E-state index contributed by atoms with van der Waals surface area (Å²) in [5, 5.41) is 0. The first kappa shape index (κ1) is 28.0. The van der Waals surface area contributed by atoms with E-state index in [0.29, 0.717) is 43.2 Å². The third-order valence-electron chi connectivity index (χ3n) is 6.53. The number of fused-ring (bicyclic) bond motifs is 1. The number of thiazole rings is 1. The second-order valence-corrected chi connectivity index (χ2v) is 10.2. The Labute approximate surface area is 238 Å². The smallest absolute Gasteiger partial charge is 0.338 e. The molecule has 3 aromatic carbocycles. The van der Waals surface area contributed by atoms with Crippen molar-refractivity contribution < 1.29 is 27.8 Å². The summed E-state index contributed by atoms with van der Waals surface area (Å²) in [6.07, 6.45) is 1.69. The maximum absolute atomic E-state index is 14.0. The minimum atomic E-state index is -0.836. The summed E-state index contributed by atoms with van der Waals surface area (Å²) in [5.41, 5.74) is 1.89. The number of ether oxygens (including phenoxy) is 3. The molecule has 2 heterocycles. The highest BCUT2D eigenvalue weighted by Gasteiger charge is 2.33. The number of carbonyl (C=O) groups is 1. The minimum Gasteiger partial charge on any atom is -0.493 e. The molecule has 0 saturated heterocycles. The number of halogens is 2. The summed E-state index contributed by atoms with van der Waals surface area (Å²) in [6, 6.07) is 16.3. The average molecular weight is 577 g/mol. The van der Waals surface area contributed by atoms with Gasteiger partial charge in [-0.3, -0.25) is 9.36 Å². The van der Waals surface area contributed by atoms with Gasteiger partial charge in [0.15, 0.2) is 16.3 Å². The van der Waals surface area contributed by atoms with Crippen LogP contribution in [0.4, 0.5) is 8.78 Å². The third kappa shape index (κ3) is 5.69. The van der Waals surface area contributed by atoms with Gasteiger partial charge in [0.1, 0.15) is 18.2 Å². The van der Waals surface area contributed by atoms with E-state index in [-0.39, 0.29) is 30.2 Å². The Hall–Kier alpha value is -4.57. The number of nitrogens with zero attached hydrogens (tertiary/aromatic N) is 2. The third-order valence-corrected chi connectivity index (χ3v) is 7.51. The van der Waals surface area contributed by atoms with Gasteiger partial charge >= 0.3 is 5.97 Å². The second-order valence-electron chi connectivity index (χ2n) is 9.14. The molecule has 0 saturated carbocycles. The lowest BCUT2D eigenvalue weighted by atomic mass is 9.96. The van der Waals surface area contributed by atoms with Crippen molar-refractivity contribution in [3.05, 3.63) is 126 Å². The maximum atomic E-state index is 14.0. The molecule has 0 aliphatic carbocycles. The minimum absolute atomic E-state index is 0.0204. The van der Waals surface area contributed by atoms with Crippen molar-refractivity contribution in [2.24, 2.45) is 4.99 Å². The number of allylic oxidation sites excluding steroid dienone is 1. The number of benzene rings is 3. The Morgan fingerprint density at radius 3 is 2.54 bits per heavy atom. The molecule has 0 fully saturated rings. The van der Waals surface area contributed by atoms with Gasteiger partial charge in [0.05, 0.1) is 35.6 Å². The first-order chi connectivity index (χ1) is 19.8. The van der Waals surface area contributed by atoms with Crippen molar-refractivity contribution >= 4 is 23.4 Å². The topological polar surface area (TPSA) is 79.1 Å². The molecule has 10 heteroatoms. The summed E-state index contributed by atoms with van der Waals surface area (Å²) >= 11 is 1.17. The highest BCUT2D eigenvalue weighted by atomic mass is 32.1. The molecule has 0 bridgehead atoms. The van der Waals surface area contributed by atoms with E-state index in [0.717, 1.165) is 0 Å². The van der Waals surface area contributed by atoms with Crippen molar-refractivity contribution in [3.8, 4) is 11.5 Å². The van der Waals surface area contributed by atoms with Gasteiger partial charge in [0.25, 0.3) is 5.56 Å². The van der Waals surface area contributed by atoms with E-state index < -0.39 is 17.8 Å². The molecule has 5 rings (SSSR count). The maximum Gasteiger partial charge on any atom is 0.338 e. The molecule has 7 nitrogen and oxygen atoms in total. The summed E-state index contributed by atoms with van der Waals surface area (Å²) in [5.74, 6) is -0.561. The Balaban J connectivity index is 1.54. The van der Waals surface area contributed by atoms with E-state index in [2.05, 4.69) is 4.99 Å². The van der Waals surface area contributed by atoms with E-state index in [1.165, 1.54) is 41.2 Å². The standard InChI is InChI=1S/C31H26F2N2O5S/c1-4-39-30(37)27-18(2)34-31-35(28(27)20-10-12-22(32)13-11-20)29(36)26(41-31)16-19-9-14-24(25(15-19)38-3)40-17-21-7-5-6-8-23(21)33/h5-16,28H,4,17H2,1-3H3/b26-16-/t28-/m1/s1. The predicted molar refractivity (Wildman–Crippen MR) is 151 cm³/mol. The van der Waals surface area contributed by atoms with Crippen LogP contribution in [0.3, 0.4) is 0 Å². The Morgan fingerprint density at radius 2 is 1.83 bits per heavy atom. The molecule has 1 atom stereocenters. The van der Waals surface area contributed by atoms with E-state index >= 15 is 0 Å². The van der Waals surface area contributed by atoms with Crippen LogP contribution in [0.15, 0.2) is 87.8 Å². The highest BCUT2D eigenvalue weighted by Crippen LogP contribution is 2.31. The summed E-state index contributed by atoms with van der Waals surface area (Å²) in [4.78, 5) is 31.7. The number of rotatable bonds is 8. The molecule has 0 spiro atoms. The molecule has 1 aliphatic heterocycles. The normalized spacial score (nSPS) is 14.9. The van der Waals surface area contributed by atoms with E-state index in [1.54, 1.807) is 68.5 Å². The number of carbonyl (C=O) groups excluding carboxylic acids is 1. The van der Waals surface area contributed by atoms with Gasteiger partial charge in [-0.05, 0) is 61.4 Å². The Kier molecular flexibility index (Phi) is 8.11. The second kappa shape index (κ2) is 11.9.